The molecule has 0 fully saturated rings. The van der Waals surface area contributed by atoms with Crippen LogP contribution < -0.4 is 28.7 Å². The van der Waals surface area contributed by atoms with Gasteiger partial charge in [-0.1, -0.05) is 109 Å². The van der Waals surface area contributed by atoms with Crippen molar-refractivity contribution in [3.05, 3.63) is 218 Å². The van der Waals surface area contributed by atoms with Crippen LogP contribution in [0.4, 0.5) is 34.1 Å². The lowest BCUT2D eigenvalue weighted by Crippen LogP contribution is -2.23. The minimum absolute atomic E-state index is 0.335. The monoisotopic (exact) mass is 1100 g/mol. The van der Waals surface area contributed by atoms with Crippen LogP contribution in [0.1, 0.15) is 83.1 Å². The summed E-state index contributed by atoms with van der Waals surface area (Å²) in [5.74, 6) is 3.30. The normalized spacial score (nSPS) is 12.5. The van der Waals surface area contributed by atoms with E-state index in [0.717, 1.165) is 67.9 Å². The molecule has 0 N–H and O–H groups in total. The number of nitrogens with zero attached hydrogens (tertiary/aromatic N) is 2. The molecule has 13 aromatic carbocycles. The summed E-state index contributed by atoms with van der Waals surface area (Å²) >= 11 is 0. The Labute approximate surface area is 494 Å². The van der Waals surface area contributed by atoms with Gasteiger partial charge >= 0.3 is 0 Å². The largest absolute Gasteiger partial charge is 0.488 e. The molecule has 0 radical (unpaired) electrons. The third-order valence-corrected chi connectivity index (χ3v) is 15.3. The van der Waals surface area contributed by atoms with Crippen molar-refractivity contribution in [1.82, 2.24) is 0 Å². The zero-order valence-electron chi connectivity index (χ0n) is 50.3. The van der Waals surface area contributed by atoms with Gasteiger partial charge in [0.15, 0.2) is 0 Å². The maximum atomic E-state index is 6.36. The molecule has 0 spiro atoms. The highest BCUT2D eigenvalue weighted by Crippen LogP contribution is 2.58. The molecular formula is C78H72N2O4. The van der Waals surface area contributed by atoms with Gasteiger partial charge in [0.05, 0.1) is 11.4 Å². The molecule has 0 aliphatic rings. The van der Waals surface area contributed by atoms with E-state index in [1.807, 2.05) is 0 Å². The summed E-state index contributed by atoms with van der Waals surface area (Å²) in [5, 5.41) is 14.6. The maximum absolute atomic E-state index is 6.36. The molecule has 6 heteroatoms. The second-order valence-electron chi connectivity index (χ2n) is 26.2. The second-order valence-corrected chi connectivity index (χ2v) is 26.2. The van der Waals surface area contributed by atoms with Gasteiger partial charge in [-0.3, -0.25) is 0 Å². The lowest BCUT2D eigenvalue weighted by atomic mass is 9.87. The van der Waals surface area contributed by atoms with E-state index in [9.17, 15) is 0 Å². The highest BCUT2D eigenvalue weighted by atomic mass is 16.5. The fraction of sp³-hybridized carbons (Fsp3) is 0.205. The van der Waals surface area contributed by atoms with E-state index in [0.29, 0.717) is 0 Å². The van der Waals surface area contributed by atoms with Crippen LogP contribution in [0.15, 0.2) is 218 Å². The lowest BCUT2D eigenvalue weighted by Gasteiger charge is -2.28. The minimum atomic E-state index is -0.335. The van der Waals surface area contributed by atoms with Gasteiger partial charge in [0.25, 0.3) is 0 Å². The van der Waals surface area contributed by atoms with Crippen LogP contribution in [0.5, 0.6) is 23.0 Å². The summed E-state index contributed by atoms with van der Waals surface area (Å²) in [6, 6.07) is 79.5. The smallest absolute Gasteiger partial charge is 0.120 e. The van der Waals surface area contributed by atoms with E-state index in [4.69, 9.17) is 18.9 Å². The second kappa shape index (κ2) is 20.3. The van der Waals surface area contributed by atoms with E-state index in [-0.39, 0.29) is 22.4 Å². The Balaban J connectivity index is 1.10. The fourth-order valence-corrected chi connectivity index (χ4v) is 12.5. The Hall–Kier alpha value is -9.26. The SMILES string of the molecule is CC(C)(C)Oc1ccc(N(c2ccc(OC(C)(C)C)cc2)c2ccc3c4c(-c5ccccc5)c5c6ccc(N(c7ccc(OC(C)(C)C)cc7)c7ccc(OC(C)(C)C)cc7)c7cccc(c5c(-c5ccccc5)c4c4cccc2c43)c76)cc1. The molecule has 0 atom stereocenters. The average molecular weight is 1100 g/mol. The molecule has 84 heavy (non-hydrogen) atoms. The molecule has 0 heterocycles. The number of ether oxygens (including phenoxy) is 4. The summed E-state index contributed by atoms with van der Waals surface area (Å²) in [7, 11) is 0. The molecule has 13 aromatic rings. The van der Waals surface area contributed by atoms with Crippen molar-refractivity contribution in [2.24, 2.45) is 0 Å². The molecule has 418 valence electrons. The van der Waals surface area contributed by atoms with Crippen LogP contribution >= 0.6 is 0 Å². The quantitative estimate of drug-likeness (QED) is 0.121. The first-order valence-corrected chi connectivity index (χ1v) is 29.4. The first kappa shape index (κ1) is 54.0. The standard InChI is InChI=1S/C78H72N2O4/c1-75(2,3)81-55-37-29-51(30-38-55)79(52-31-39-56(40-32-52)82-76(4,5)6)65-47-45-63-69-59(65)25-19-27-61(69)71-67(49-21-15-13-16-22-49)72-62-28-20-26-60-66(48-46-64(70(60)62)74(72)68(73(63)71)50-23-17-14-18-24-50)80(53-33-41-57(42-34-53)83-77(7,8)9)54-35-43-58(44-36-54)84-78(10,11)12/h13-48H,1-12H3. The maximum Gasteiger partial charge on any atom is 0.120 e. The molecule has 0 saturated heterocycles. The first-order valence-electron chi connectivity index (χ1n) is 29.4. The van der Waals surface area contributed by atoms with Crippen LogP contribution in [0.3, 0.4) is 0 Å². The minimum Gasteiger partial charge on any atom is -0.488 e. The van der Waals surface area contributed by atoms with Crippen molar-refractivity contribution in [2.75, 3.05) is 9.80 Å². The molecule has 0 bridgehead atoms. The Kier molecular flexibility index (Phi) is 13.0. The van der Waals surface area contributed by atoms with E-state index >= 15 is 0 Å². The van der Waals surface area contributed by atoms with Gasteiger partial charge in [-0.2, -0.15) is 0 Å². The number of benzene rings is 11. The van der Waals surface area contributed by atoms with Gasteiger partial charge in [0.2, 0.25) is 0 Å². The van der Waals surface area contributed by atoms with Gasteiger partial charge in [-0.05, 0) is 268 Å². The van der Waals surface area contributed by atoms with E-state index in [1.165, 1.54) is 76.1 Å². The third kappa shape index (κ3) is 10.1. The Bertz CT molecular complexity index is 4060. The molecule has 0 amide bonds. The Morgan fingerprint density at radius 2 is 0.476 bits per heavy atom. The van der Waals surface area contributed by atoms with Gasteiger partial charge in [0.1, 0.15) is 45.4 Å². The van der Waals surface area contributed by atoms with Crippen molar-refractivity contribution < 1.29 is 18.9 Å². The summed E-state index contributed by atoms with van der Waals surface area (Å²) in [4.78, 5) is 4.76. The van der Waals surface area contributed by atoms with E-state index in [1.54, 1.807) is 0 Å². The molecule has 13 rings (SSSR count). The molecule has 6 nitrogen and oxygen atoms in total. The Morgan fingerprint density at radius 3 is 0.738 bits per heavy atom. The summed E-state index contributed by atoms with van der Waals surface area (Å²) in [6.45, 7) is 25.0. The summed E-state index contributed by atoms with van der Waals surface area (Å²) in [6.07, 6.45) is 0. The van der Waals surface area contributed by atoms with Crippen molar-refractivity contribution in [1.29, 1.82) is 0 Å². The van der Waals surface area contributed by atoms with Gasteiger partial charge in [-0.15, -0.1) is 0 Å². The van der Waals surface area contributed by atoms with Crippen molar-refractivity contribution in [2.45, 2.75) is 105 Å². The number of hydrogen-bond acceptors (Lipinski definition) is 6. The molecule has 0 aromatic heterocycles. The lowest BCUT2D eigenvalue weighted by molar-refractivity contribution is 0.130. The molecule has 0 aliphatic heterocycles. The van der Waals surface area contributed by atoms with Gasteiger partial charge < -0.3 is 28.7 Å². The summed E-state index contributed by atoms with van der Waals surface area (Å²) < 4.78 is 25.5. The molecule has 0 unspecified atom stereocenters. The number of rotatable bonds is 12. The zero-order valence-corrected chi connectivity index (χ0v) is 50.3. The molecule has 0 aliphatic carbocycles. The van der Waals surface area contributed by atoms with Crippen molar-refractivity contribution in [3.8, 4) is 45.3 Å². The predicted molar refractivity (Wildman–Crippen MR) is 356 cm³/mol. The Morgan fingerprint density at radius 1 is 0.226 bits per heavy atom. The highest BCUT2D eigenvalue weighted by Gasteiger charge is 2.30. The van der Waals surface area contributed by atoms with Crippen molar-refractivity contribution in [3.63, 3.8) is 0 Å². The third-order valence-electron chi connectivity index (χ3n) is 15.3. The summed E-state index contributed by atoms with van der Waals surface area (Å²) in [5.41, 5.74) is 9.71. The predicted octanol–water partition coefficient (Wildman–Crippen LogP) is 22.5. The topological polar surface area (TPSA) is 43.4 Å². The zero-order chi connectivity index (χ0) is 58.5. The van der Waals surface area contributed by atoms with E-state index in [2.05, 4.69) is 311 Å². The number of hydrogen-bond donors (Lipinski definition) is 0. The van der Waals surface area contributed by atoms with Crippen molar-refractivity contribution >= 4 is 98.8 Å². The average Bonchev–Trinajstić information content (AvgIpc) is 1.56. The van der Waals surface area contributed by atoms with Crippen LogP contribution in [0.25, 0.3) is 86.9 Å². The van der Waals surface area contributed by atoms with Crippen LogP contribution in [-0.4, -0.2) is 22.4 Å². The molecule has 0 saturated carbocycles. The van der Waals surface area contributed by atoms with Gasteiger partial charge in [-0.25, -0.2) is 0 Å². The van der Waals surface area contributed by atoms with Gasteiger partial charge in [0, 0.05) is 33.5 Å². The van der Waals surface area contributed by atoms with E-state index < -0.39 is 0 Å². The van der Waals surface area contributed by atoms with Crippen LogP contribution in [-0.2, 0) is 0 Å². The van der Waals surface area contributed by atoms with Crippen LogP contribution in [0, 0.1) is 0 Å². The number of fused-ring (bicyclic) bond motifs is 6. The molecular weight excluding hydrogens is 1030 g/mol. The fourth-order valence-electron chi connectivity index (χ4n) is 12.5. The van der Waals surface area contributed by atoms with Crippen LogP contribution in [0.2, 0.25) is 0 Å². The number of anilines is 6. The highest BCUT2D eigenvalue weighted by molar-refractivity contribution is 6.47. The first-order chi connectivity index (χ1) is 40.1.